The Balaban J connectivity index is 2.23. The molecule has 0 heterocycles. The number of carbonyl (C=O) groups excluding carboxylic acids is 1. The van der Waals surface area contributed by atoms with Crippen LogP contribution in [0.3, 0.4) is 0 Å². The molecular weight excluding hydrogens is 382 g/mol. The lowest BCUT2D eigenvalue weighted by molar-refractivity contribution is -0.121. The van der Waals surface area contributed by atoms with Crippen LogP contribution in [0.5, 0.6) is 0 Å². The number of rotatable bonds is 13. The first kappa shape index (κ1) is 25.2. The van der Waals surface area contributed by atoms with Gasteiger partial charge in [0.2, 0.25) is 5.91 Å². The van der Waals surface area contributed by atoms with Crippen molar-refractivity contribution in [2.24, 2.45) is 5.92 Å². The Morgan fingerprint density at radius 3 is 2.43 bits per heavy atom. The number of nitrogens with one attached hydrogen (secondary N) is 1. The number of carbonyl (C=O) groups is 1. The average molecular weight is 422 g/mol. The lowest BCUT2D eigenvalue weighted by Crippen LogP contribution is -2.25. The third-order valence-corrected chi connectivity index (χ3v) is 7.86. The zero-order valence-electron chi connectivity index (χ0n) is 18.6. The van der Waals surface area contributed by atoms with E-state index in [2.05, 4.69) is 77.2 Å². The summed E-state index contributed by atoms with van der Waals surface area (Å²) in [5.74, 6) is 2.15. The number of benzene rings is 1. The molecule has 0 aliphatic heterocycles. The lowest BCUT2D eigenvalue weighted by atomic mass is 10.1. The van der Waals surface area contributed by atoms with E-state index in [0.717, 1.165) is 17.9 Å². The maximum atomic E-state index is 12.2. The van der Waals surface area contributed by atoms with Crippen molar-refractivity contribution in [2.75, 3.05) is 5.75 Å². The molecule has 28 heavy (non-hydrogen) atoms. The van der Waals surface area contributed by atoms with Crippen LogP contribution in [0.15, 0.2) is 29.8 Å². The molecule has 1 N–H and O–H groups in total. The van der Waals surface area contributed by atoms with Gasteiger partial charge < -0.3 is 5.32 Å². The van der Waals surface area contributed by atoms with E-state index in [0.29, 0.717) is 13.0 Å². The summed E-state index contributed by atoms with van der Waals surface area (Å²) in [6.07, 6.45) is 7.59. The first-order valence-corrected chi connectivity index (χ1v) is 12.8. The Morgan fingerprint density at radius 1 is 1.14 bits per heavy atom. The molecule has 0 aliphatic rings. The SMILES string of the molecule is CC(C)=Cc1ccc(CNC(=O)CCC(C)(C)SSCCCCC(C)C)cc1. The van der Waals surface area contributed by atoms with Gasteiger partial charge in [0.05, 0.1) is 0 Å². The van der Waals surface area contributed by atoms with Crippen LogP contribution in [0.4, 0.5) is 0 Å². The summed E-state index contributed by atoms with van der Waals surface area (Å²) >= 11 is 0. The first-order chi connectivity index (χ1) is 13.2. The van der Waals surface area contributed by atoms with Gasteiger partial charge in [-0.2, -0.15) is 0 Å². The summed E-state index contributed by atoms with van der Waals surface area (Å²) in [7, 11) is 3.89. The van der Waals surface area contributed by atoms with E-state index in [1.807, 2.05) is 21.6 Å². The molecule has 158 valence electrons. The minimum atomic E-state index is 0.131. The smallest absolute Gasteiger partial charge is 0.220 e. The highest BCUT2D eigenvalue weighted by Gasteiger charge is 2.20. The van der Waals surface area contributed by atoms with Crippen LogP contribution in [0, 0.1) is 5.92 Å². The number of amides is 1. The molecule has 0 radical (unpaired) electrons. The summed E-state index contributed by atoms with van der Waals surface area (Å²) < 4.78 is 0.131. The van der Waals surface area contributed by atoms with Crippen LogP contribution < -0.4 is 5.32 Å². The van der Waals surface area contributed by atoms with Crippen molar-refractivity contribution >= 4 is 33.6 Å². The highest BCUT2D eigenvalue weighted by molar-refractivity contribution is 8.77. The fourth-order valence-corrected chi connectivity index (χ4v) is 5.45. The van der Waals surface area contributed by atoms with E-state index in [4.69, 9.17) is 0 Å². The van der Waals surface area contributed by atoms with Gasteiger partial charge in [0, 0.05) is 23.5 Å². The predicted octanol–water partition coefficient (Wildman–Crippen LogP) is 7.49. The largest absolute Gasteiger partial charge is 0.352 e. The first-order valence-electron chi connectivity index (χ1n) is 10.5. The molecule has 1 amide bonds. The van der Waals surface area contributed by atoms with Gasteiger partial charge in [0.25, 0.3) is 0 Å². The molecule has 0 atom stereocenters. The van der Waals surface area contributed by atoms with Gasteiger partial charge >= 0.3 is 0 Å². The van der Waals surface area contributed by atoms with Crippen LogP contribution in [0.2, 0.25) is 0 Å². The van der Waals surface area contributed by atoms with E-state index in [1.165, 1.54) is 36.2 Å². The maximum Gasteiger partial charge on any atom is 0.220 e. The van der Waals surface area contributed by atoms with Gasteiger partial charge in [-0.3, -0.25) is 4.79 Å². The Bertz CT molecular complexity index is 602. The fraction of sp³-hybridized carbons (Fsp3) is 0.625. The van der Waals surface area contributed by atoms with Gasteiger partial charge in [0.15, 0.2) is 0 Å². The molecule has 1 aromatic carbocycles. The van der Waals surface area contributed by atoms with Crippen molar-refractivity contribution in [3.63, 3.8) is 0 Å². The summed E-state index contributed by atoms with van der Waals surface area (Å²) in [6.45, 7) is 13.9. The van der Waals surface area contributed by atoms with Crippen LogP contribution in [0.1, 0.15) is 84.8 Å². The van der Waals surface area contributed by atoms with Crippen LogP contribution in [-0.2, 0) is 11.3 Å². The van der Waals surface area contributed by atoms with Crippen molar-refractivity contribution < 1.29 is 4.79 Å². The van der Waals surface area contributed by atoms with Gasteiger partial charge in [-0.05, 0) is 57.6 Å². The highest BCUT2D eigenvalue weighted by Crippen LogP contribution is 2.39. The number of hydrogen-bond acceptors (Lipinski definition) is 3. The molecular formula is C24H39NOS2. The second-order valence-corrected chi connectivity index (χ2v) is 11.9. The van der Waals surface area contributed by atoms with E-state index < -0.39 is 0 Å². The van der Waals surface area contributed by atoms with Crippen molar-refractivity contribution in [1.29, 1.82) is 0 Å². The second kappa shape index (κ2) is 13.4. The molecule has 0 spiro atoms. The Kier molecular flexibility index (Phi) is 12.0. The summed E-state index contributed by atoms with van der Waals surface area (Å²) in [6, 6.07) is 8.38. The van der Waals surface area contributed by atoms with E-state index >= 15 is 0 Å². The average Bonchev–Trinajstić information content (AvgIpc) is 2.61. The third-order valence-electron chi connectivity index (χ3n) is 4.42. The quantitative estimate of drug-likeness (QED) is 0.264. The Labute approximate surface area is 181 Å². The highest BCUT2D eigenvalue weighted by atomic mass is 33.1. The monoisotopic (exact) mass is 421 g/mol. The Hall–Kier alpha value is -0.870. The number of allylic oxidation sites excluding steroid dienone is 1. The zero-order valence-corrected chi connectivity index (χ0v) is 20.3. The molecule has 4 heteroatoms. The topological polar surface area (TPSA) is 29.1 Å². The summed E-state index contributed by atoms with van der Waals surface area (Å²) in [5.41, 5.74) is 3.63. The molecule has 0 bridgehead atoms. The molecule has 2 nitrogen and oxygen atoms in total. The third kappa shape index (κ3) is 12.6. The van der Waals surface area contributed by atoms with Gasteiger partial charge in [0.1, 0.15) is 0 Å². The second-order valence-electron chi connectivity index (χ2n) is 8.79. The number of hydrogen-bond donors (Lipinski definition) is 1. The molecule has 0 aliphatic carbocycles. The molecule has 0 aromatic heterocycles. The standard InChI is InChI=1S/C24H39NOS2/c1-19(2)9-7-8-16-27-28-24(5,6)15-14-23(26)25-18-22-12-10-21(11-13-22)17-20(3)4/h10-13,17,19H,7-9,14-16,18H2,1-6H3,(H,25,26). The van der Waals surface area contributed by atoms with E-state index in [-0.39, 0.29) is 10.7 Å². The fourth-order valence-electron chi connectivity index (χ4n) is 2.73. The van der Waals surface area contributed by atoms with E-state index in [1.54, 1.807) is 0 Å². The van der Waals surface area contributed by atoms with Crippen molar-refractivity contribution in [3.05, 3.63) is 41.0 Å². The number of unbranched alkanes of at least 4 members (excludes halogenated alkanes) is 1. The maximum absolute atomic E-state index is 12.2. The normalized spacial score (nSPS) is 11.5. The molecule has 0 saturated heterocycles. The molecule has 1 rings (SSSR count). The van der Waals surface area contributed by atoms with Crippen LogP contribution >= 0.6 is 21.6 Å². The minimum absolute atomic E-state index is 0.131. The lowest BCUT2D eigenvalue weighted by Gasteiger charge is -2.23. The van der Waals surface area contributed by atoms with Gasteiger partial charge in [-0.15, -0.1) is 0 Å². The molecule has 0 saturated carbocycles. The summed E-state index contributed by atoms with van der Waals surface area (Å²) in [4.78, 5) is 12.2. The summed E-state index contributed by atoms with van der Waals surface area (Å²) in [5, 5.41) is 3.06. The minimum Gasteiger partial charge on any atom is -0.352 e. The van der Waals surface area contributed by atoms with Crippen LogP contribution in [-0.4, -0.2) is 16.4 Å². The van der Waals surface area contributed by atoms with Crippen molar-refractivity contribution in [3.8, 4) is 0 Å². The van der Waals surface area contributed by atoms with E-state index in [9.17, 15) is 4.79 Å². The van der Waals surface area contributed by atoms with Gasteiger partial charge in [-0.25, -0.2) is 0 Å². The predicted molar refractivity (Wildman–Crippen MR) is 130 cm³/mol. The van der Waals surface area contributed by atoms with Crippen molar-refractivity contribution in [1.82, 2.24) is 5.32 Å². The van der Waals surface area contributed by atoms with Gasteiger partial charge in [-0.1, -0.05) is 84.2 Å². The molecule has 0 unspecified atom stereocenters. The zero-order chi connectivity index (χ0) is 21.0. The van der Waals surface area contributed by atoms with Crippen LogP contribution in [0.25, 0.3) is 6.08 Å². The van der Waals surface area contributed by atoms with Crippen molar-refractivity contribution in [2.45, 2.75) is 84.9 Å². The molecule has 1 aromatic rings. The molecule has 0 fully saturated rings. The Morgan fingerprint density at radius 2 is 1.82 bits per heavy atom.